The maximum atomic E-state index is 14.3. The number of carbonyl (C=O) groups excluding carboxylic acids is 3. The molecule has 2 heterocycles. The Balaban J connectivity index is 1.49. The first-order valence-electron chi connectivity index (χ1n) is 14.1. The first-order chi connectivity index (χ1) is 19.4. The number of hydrogen-bond donors (Lipinski definition) is 2. The van der Waals surface area contributed by atoms with Crippen molar-refractivity contribution in [2.24, 2.45) is 13.0 Å². The Morgan fingerprint density at radius 1 is 1.12 bits per heavy atom. The highest BCUT2D eigenvalue weighted by atomic mass is 19.1. The predicted molar refractivity (Wildman–Crippen MR) is 150 cm³/mol. The summed E-state index contributed by atoms with van der Waals surface area (Å²) < 4.78 is 21.1. The van der Waals surface area contributed by atoms with Crippen LogP contribution in [0.4, 0.5) is 9.18 Å². The minimum Gasteiger partial charge on any atom is -0.494 e. The Labute approximate surface area is 239 Å². The summed E-state index contributed by atoms with van der Waals surface area (Å²) >= 11 is 0. The average Bonchev–Trinajstić information content (AvgIpc) is 3.28. The summed E-state index contributed by atoms with van der Waals surface area (Å²) in [6.07, 6.45) is 3.39. The van der Waals surface area contributed by atoms with Gasteiger partial charge in [0.1, 0.15) is 17.8 Å². The molecule has 1 saturated heterocycles. The summed E-state index contributed by atoms with van der Waals surface area (Å²) in [6, 6.07) is 2.54. The van der Waals surface area contributed by atoms with E-state index in [9.17, 15) is 28.7 Å². The lowest BCUT2D eigenvalue weighted by molar-refractivity contribution is -0.142. The van der Waals surface area contributed by atoms with Crippen molar-refractivity contribution in [2.75, 3.05) is 33.8 Å². The Morgan fingerprint density at radius 3 is 2.41 bits per heavy atom. The van der Waals surface area contributed by atoms with Gasteiger partial charge in [0, 0.05) is 51.2 Å². The number of nitrogens with zero attached hydrogens (tertiary/aromatic N) is 4. The average molecular weight is 574 g/mol. The minimum atomic E-state index is -1.22. The molecular formula is C29H40FN5O6. The number of methoxy groups -OCH3 is 1. The van der Waals surface area contributed by atoms with Crippen LogP contribution < -0.4 is 10.1 Å². The number of likely N-dealkylation sites (N-methyl/N-ethyl adjacent to an activating group) is 1. The summed E-state index contributed by atoms with van der Waals surface area (Å²) in [6.45, 7) is 4.27. The molecule has 1 aliphatic carbocycles. The van der Waals surface area contributed by atoms with E-state index in [2.05, 4.69) is 5.32 Å². The summed E-state index contributed by atoms with van der Waals surface area (Å²) in [4.78, 5) is 56.2. The van der Waals surface area contributed by atoms with Crippen LogP contribution in [0.1, 0.15) is 56.4 Å². The fraction of sp³-hybridized carbons (Fsp3) is 0.586. The zero-order valence-corrected chi connectivity index (χ0v) is 24.4. The van der Waals surface area contributed by atoms with Crippen LogP contribution in [0.3, 0.4) is 0 Å². The molecule has 12 heteroatoms. The van der Waals surface area contributed by atoms with Crippen molar-refractivity contribution in [3.8, 4) is 5.75 Å². The van der Waals surface area contributed by atoms with E-state index in [1.54, 1.807) is 33.5 Å². The molecule has 0 radical (unpaired) electrons. The van der Waals surface area contributed by atoms with Crippen LogP contribution in [0.25, 0.3) is 10.9 Å². The lowest BCUT2D eigenvalue weighted by atomic mass is 9.83. The van der Waals surface area contributed by atoms with Crippen LogP contribution in [0.2, 0.25) is 0 Å². The summed E-state index contributed by atoms with van der Waals surface area (Å²) in [5.41, 5.74) is 1.07. The molecule has 224 valence electrons. The quantitative estimate of drug-likeness (QED) is 0.525. The van der Waals surface area contributed by atoms with Gasteiger partial charge in [-0.25, -0.2) is 9.18 Å². The van der Waals surface area contributed by atoms with Crippen molar-refractivity contribution in [3.63, 3.8) is 0 Å². The molecule has 1 aromatic carbocycles. The largest absolute Gasteiger partial charge is 0.494 e. The third kappa shape index (κ3) is 6.11. The number of aryl methyl sites for hydroxylation is 1. The molecular weight excluding hydrogens is 533 g/mol. The number of fused-ring (bicyclic) bond motifs is 1. The van der Waals surface area contributed by atoms with Gasteiger partial charge in [0.2, 0.25) is 11.8 Å². The first-order valence-corrected chi connectivity index (χ1v) is 14.1. The predicted octanol–water partition coefficient (Wildman–Crippen LogP) is 3.06. The van der Waals surface area contributed by atoms with Crippen LogP contribution in [-0.4, -0.2) is 100 Å². The molecule has 2 unspecified atom stereocenters. The Bertz CT molecular complexity index is 1320. The summed E-state index contributed by atoms with van der Waals surface area (Å²) in [7, 11) is 4.46. The fourth-order valence-corrected chi connectivity index (χ4v) is 5.97. The molecule has 41 heavy (non-hydrogen) atoms. The Hall–Kier alpha value is -3.83. The van der Waals surface area contributed by atoms with Crippen molar-refractivity contribution < 1.29 is 33.4 Å². The second-order valence-electron chi connectivity index (χ2n) is 11.2. The molecule has 2 aromatic rings. The zero-order chi connectivity index (χ0) is 30.0. The molecule has 2 fully saturated rings. The number of nitrogens with one attached hydrogen (secondary N) is 1. The van der Waals surface area contributed by atoms with Crippen molar-refractivity contribution >= 4 is 34.7 Å². The van der Waals surface area contributed by atoms with E-state index in [0.29, 0.717) is 36.2 Å². The normalized spacial score (nSPS) is 19.5. The van der Waals surface area contributed by atoms with E-state index >= 15 is 0 Å². The third-order valence-corrected chi connectivity index (χ3v) is 8.68. The molecule has 2 aliphatic rings. The monoisotopic (exact) mass is 573 g/mol. The van der Waals surface area contributed by atoms with E-state index in [1.807, 2.05) is 6.92 Å². The van der Waals surface area contributed by atoms with Gasteiger partial charge < -0.3 is 29.5 Å². The number of amides is 4. The highest BCUT2D eigenvalue weighted by Gasteiger charge is 2.39. The van der Waals surface area contributed by atoms with Crippen molar-refractivity contribution in [1.29, 1.82) is 0 Å². The van der Waals surface area contributed by atoms with Crippen LogP contribution in [0.15, 0.2) is 18.2 Å². The van der Waals surface area contributed by atoms with Gasteiger partial charge in [0.15, 0.2) is 11.6 Å². The molecule has 0 bridgehead atoms. The van der Waals surface area contributed by atoms with E-state index in [1.165, 1.54) is 27.1 Å². The van der Waals surface area contributed by atoms with E-state index in [0.717, 1.165) is 37.0 Å². The van der Waals surface area contributed by atoms with Crippen molar-refractivity contribution in [1.82, 2.24) is 24.6 Å². The van der Waals surface area contributed by atoms with Gasteiger partial charge in [-0.3, -0.25) is 19.3 Å². The molecule has 2 N–H and O–H groups in total. The molecule has 1 aromatic heterocycles. The second kappa shape index (κ2) is 12.4. The zero-order valence-electron chi connectivity index (χ0n) is 24.4. The van der Waals surface area contributed by atoms with E-state index < -0.39 is 29.9 Å². The van der Waals surface area contributed by atoms with Gasteiger partial charge in [-0.05, 0) is 44.7 Å². The third-order valence-electron chi connectivity index (χ3n) is 8.68. The molecule has 11 nitrogen and oxygen atoms in total. The minimum absolute atomic E-state index is 0.0393. The number of aromatic nitrogens is 1. The number of benzene rings is 1. The smallest absolute Gasteiger partial charge is 0.407 e. The molecule has 4 amide bonds. The van der Waals surface area contributed by atoms with Crippen LogP contribution in [0.5, 0.6) is 5.75 Å². The van der Waals surface area contributed by atoms with E-state index in [4.69, 9.17) is 4.74 Å². The molecule has 1 saturated carbocycles. The van der Waals surface area contributed by atoms with E-state index in [-0.39, 0.29) is 29.5 Å². The second-order valence-corrected chi connectivity index (χ2v) is 11.2. The number of piperazine rings is 1. The fourth-order valence-electron chi connectivity index (χ4n) is 5.97. The van der Waals surface area contributed by atoms with Gasteiger partial charge in [-0.2, -0.15) is 0 Å². The van der Waals surface area contributed by atoms with Crippen LogP contribution in [-0.2, 0) is 16.6 Å². The first kappa shape index (κ1) is 30.1. The Kier molecular flexibility index (Phi) is 9.08. The number of hydrogen-bond acceptors (Lipinski definition) is 5. The molecule has 4 rings (SSSR count). The number of ether oxygens (including phenoxy) is 1. The lowest BCUT2D eigenvalue weighted by Gasteiger charge is -2.43. The van der Waals surface area contributed by atoms with Gasteiger partial charge >= 0.3 is 6.09 Å². The van der Waals surface area contributed by atoms with Crippen LogP contribution >= 0.6 is 0 Å². The van der Waals surface area contributed by atoms with Crippen LogP contribution in [0, 0.1) is 11.7 Å². The van der Waals surface area contributed by atoms with Crippen molar-refractivity contribution in [2.45, 2.75) is 64.1 Å². The highest BCUT2D eigenvalue weighted by Crippen LogP contribution is 2.30. The maximum absolute atomic E-state index is 14.3. The summed E-state index contributed by atoms with van der Waals surface area (Å²) in [5, 5.41) is 12.8. The number of halogens is 1. The van der Waals surface area contributed by atoms with Crippen molar-refractivity contribution in [3.05, 3.63) is 29.7 Å². The van der Waals surface area contributed by atoms with Gasteiger partial charge in [0.25, 0.3) is 5.91 Å². The lowest BCUT2D eigenvalue weighted by Crippen LogP contribution is -2.62. The Morgan fingerprint density at radius 2 is 1.80 bits per heavy atom. The van der Waals surface area contributed by atoms with Gasteiger partial charge in [-0.15, -0.1) is 0 Å². The topological polar surface area (TPSA) is 124 Å². The van der Waals surface area contributed by atoms with Gasteiger partial charge in [-0.1, -0.05) is 19.3 Å². The highest BCUT2D eigenvalue weighted by molar-refractivity contribution is 5.99. The molecule has 3 atom stereocenters. The maximum Gasteiger partial charge on any atom is 0.407 e. The molecule has 0 spiro atoms. The number of carbonyl (C=O) groups is 4. The van der Waals surface area contributed by atoms with Gasteiger partial charge in [0.05, 0.1) is 12.6 Å². The summed E-state index contributed by atoms with van der Waals surface area (Å²) in [5.74, 6) is -1.38. The number of rotatable bonds is 7. The standard InChI is InChI=1S/C29H40FN5O6/c1-17-16-34(27(37)23-14-20-13-21(30)24(41-5)15-22(20)33(23)4)11-12-35(17)28(38)25(19-9-7-6-8-10-19)31-26(36)18(2)32(3)29(39)40/h13-15,17-19,25H,6-12,16H2,1-5H3,(H,31,36)(H,39,40)/t17-,18?,25?/m1/s1. The molecule has 1 aliphatic heterocycles. The number of carboxylic acid groups (broad SMARTS) is 1. The SMILES string of the molecule is COc1cc2c(cc1F)cc(C(=O)N1CCN(C(=O)C(NC(=O)C(C)N(C)C(=O)O)C3CCCCC3)[C@H](C)C1)n2C.